The lowest BCUT2D eigenvalue weighted by molar-refractivity contribution is -0.129. The fourth-order valence-electron chi connectivity index (χ4n) is 2.45. The zero-order valence-corrected chi connectivity index (χ0v) is 11.2. The van der Waals surface area contributed by atoms with Crippen molar-refractivity contribution in [3.63, 3.8) is 0 Å². The number of carbonyl (C=O) groups excluding carboxylic acids is 1. The van der Waals surface area contributed by atoms with Crippen molar-refractivity contribution in [3.05, 3.63) is 23.9 Å². The molecule has 1 aliphatic heterocycles. The number of hydrogen-bond acceptors (Lipinski definition) is 3. The molecule has 0 N–H and O–H groups in total. The van der Waals surface area contributed by atoms with Gasteiger partial charge in [0, 0.05) is 25.2 Å². The quantitative estimate of drug-likeness (QED) is 0.825. The van der Waals surface area contributed by atoms with Crippen LogP contribution in [0.3, 0.4) is 0 Å². The molecular weight excluding hydrogens is 228 g/mol. The van der Waals surface area contributed by atoms with Gasteiger partial charge in [-0.2, -0.15) is 0 Å². The minimum Gasteiger partial charge on any atom is -0.475 e. The first-order valence-electron chi connectivity index (χ1n) is 6.48. The van der Waals surface area contributed by atoms with Gasteiger partial charge in [-0.05, 0) is 32.8 Å². The molecule has 1 aromatic rings. The Bertz CT molecular complexity index is 432. The summed E-state index contributed by atoms with van der Waals surface area (Å²) in [6, 6.07) is 4.03. The van der Waals surface area contributed by atoms with Crippen molar-refractivity contribution in [1.82, 2.24) is 9.88 Å². The van der Waals surface area contributed by atoms with Crippen molar-refractivity contribution in [1.29, 1.82) is 0 Å². The summed E-state index contributed by atoms with van der Waals surface area (Å²) in [5.74, 6) is 0.780. The SMILES string of the molecule is CC(=O)N1CCC[C@H]1c1cccnc1OC(C)C. The average Bonchev–Trinajstić information content (AvgIpc) is 2.77. The summed E-state index contributed by atoms with van der Waals surface area (Å²) in [4.78, 5) is 17.8. The first kappa shape index (κ1) is 12.9. The van der Waals surface area contributed by atoms with E-state index in [1.165, 1.54) is 0 Å². The van der Waals surface area contributed by atoms with Crippen molar-refractivity contribution in [2.45, 2.75) is 45.8 Å². The Balaban J connectivity index is 2.29. The van der Waals surface area contributed by atoms with Gasteiger partial charge < -0.3 is 9.64 Å². The number of carbonyl (C=O) groups is 1. The average molecular weight is 248 g/mol. The second-order valence-corrected chi connectivity index (χ2v) is 4.93. The fourth-order valence-corrected chi connectivity index (χ4v) is 2.45. The topological polar surface area (TPSA) is 42.4 Å². The summed E-state index contributed by atoms with van der Waals surface area (Å²) in [5.41, 5.74) is 1.03. The van der Waals surface area contributed by atoms with E-state index >= 15 is 0 Å². The first-order valence-corrected chi connectivity index (χ1v) is 6.48. The molecule has 0 aliphatic carbocycles. The van der Waals surface area contributed by atoms with Gasteiger partial charge in [0.1, 0.15) is 0 Å². The molecule has 1 fully saturated rings. The van der Waals surface area contributed by atoms with Gasteiger partial charge in [-0.25, -0.2) is 4.98 Å². The van der Waals surface area contributed by atoms with Gasteiger partial charge in [0.2, 0.25) is 11.8 Å². The number of rotatable bonds is 3. The smallest absolute Gasteiger partial charge is 0.219 e. The summed E-state index contributed by atoms with van der Waals surface area (Å²) in [6.07, 6.45) is 3.85. The number of aromatic nitrogens is 1. The Kier molecular flexibility index (Phi) is 3.84. The normalized spacial score (nSPS) is 19.3. The number of nitrogens with zero attached hydrogens (tertiary/aromatic N) is 2. The first-order chi connectivity index (χ1) is 8.59. The van der Waals surface area contributed by atoms with E-state index in [1.54, 1.807) is 13.1 Å². The molecule has 4 nitrogen and oxygen atoms in total. The van der Waals surface area contributed by atoms with Crippen LogP contribution >= 0.6 is 0 Å². The maximum atomic E-state index is 11.6. The molecule has 1 atom stereocenters. The van der Waals surface area contributed by atoms with E-state index in [2.05, 4.69) is 4.98 Å². The van der Waals surface area contributed by atoms with Crippen molar-refractivity contribution >= 4 is 5.91 Å². The third-order valence-corrected chi connectivity index (χ3v) is 3.16. The summed E-state index contributed by atoms with van der Waals surface area (Å²) in [6.45, 7) is 6.42. The third-order valence-electron chi connectivity index (χ3n) is 3.16. The molecule has 1 amide bonds. The number of likely N-dealkylation sites (tertiary alicyclic amines) is 1. The highest BCUT2D eigenvalue weighted by Crippen LogP contribution is 2.36. The number of pyridine rings is 1. The largest absolute Gasteiger partial charge is 0.475 e. The van der Waals surface area contributed by atoms with E-state index in [0.29, 0.717) is 5.88 Å². The van der Waals surface area contributed by atoms with Crippen molar-refractivity contribution in [3.8, 4) is 5.88 Å². The zero-order valence-electron chi connectivity index (χ0n) is 11.2. The molecule has 2 rings (SSSR count). The minimum atomic E-state index is 0.0887. The van der Waals surface area contributed by atoms with E-state index < -0.39 is 0 Å². The third kappa shape index (κ3) is 2.63. The van der Waals surface area contributed by atoms with Crippen LogP contribution in [0.25, 0.3) is 0 Å². The van der Waals surface area contributed by atoms with Gasteiger partial charge in [0.25, 0.3) is 0 Å². The van der Waals surface area contributed by atoms with Crippen molar-refractivity contribution in [2.75, 3.05) is 6.54 Å². The number of amides is 1. The fraction of sp³-hybridized carbons (Fsp3) is 0.571. The lowest BCUT2D eigenvalue weighted by atomic mass is 10.1. The van der Waals surface area contributed by atoms with Gasteiger partial charge in [0.15, 0.2) is 0 Å². The predicted octanol–water partition coefficient (Wildman–Crippen LogP) is 2.55. The van der Waals surface area contributed by atoms with Crippen LogP contribution < -0.4 is 4.74 Å². The summed E-state index contributed by atoms with van der Waals surface area (Å²) < 4.78 is 5.74. The highest BCUT2D eigenvalue weighted by molar-refractivity contribution is 5.74. The van der Waals surface area contributed by atoms with Gasteiger partial charge in [-0.15, -0.1) is 0 Å². The Morgan fingerprint density at radius 2 is 2.33 bits per heavy atom. The Morgan fingerprint density at radius 1 is 1.56 bits per heavy atom. The molecule has 98 valence electrons. The summed E-state index contributed by atoms with van der Waals surface area (Å²) >= 11 is 0. The van der Waals surface area contributed by atoms with Gasteiger partial charge >= 0.3 is 0 Å². The van der Waals surface area contributed by atoms with Crippen LogP contribution in [0.1, 0.15) is 45.2 Å². The molecule has 0 unspecified atom stereocenters. The van der Waals surface area contributed by atoms with Crippen LogP contribution in [-0.2, 0) is 4.79 Å². The van der Waals surface area contributed by atoms with E-state index in [1.807, 2.05) is 30.9 Å². The van der Waals surface area contributed by atoms with Gasteiger partial charge in [-0.3, -0.25) is 4.79 Å². The van der Waals surface area contributed by atoms with Crippen LogP contribution in [0.5, 0.6) is 5.88 Å². The Hall–Kier alpha value is -1.58. The van der Waals surface area contributed by atoms with Gasteiger partial charge in [0.05, 0.1) is 12.1 Å². The standard InChI is InChI=1S/C14H20N2O2/c1-10(2)18-14-12(6-4-8-15-14)13-7-5-9-16(13)11(3)17/h4,6,8,10,13H,5,7,9H2,1-3H3/t13-/m0/s1. The second kappa shape index (κ2) is 5.38. The summed E-state index contributed by atoms with van der Waals surface area (Å²) in [7, 11) is 0. The van der Waals surface area contributed by atoms with Gasteiger partial charge in [-0.1, -0.05) is 6.07 Å². The van der Waals surface area contributed by atoms with Crippen LogP contribution in [0, 0.1) is 0 Å². The lowest BCUT2D eigenvalue weighted by Crippen LogP contribution is -2.28. The van der Waals surface area contributed by atoms with Crippen LogP contribution in [0.4, 0.5) is 0 Å². The highest BCUT2D eigenvalue weighted by Gasteiger charge is 2.30. The van der Waals surface area contributed by atoms with Crippen molar-refractivity contribution < 1.29 is 9.53 Å². The van der Waals surface area contributed by atoms with Crippen LogP contribution in [0.15, 0.2) is 18.3 Å². The minimum absolute atomic E-state index is 0.0887. The molecule has 2 heterocycles. The molecule has 0 spiro atoms. The van der Waals surface area contributed by atoms with E-state index in [4.69, 9.17) is 4.74 Å². The molecule has 1 saturated heterocycles. The molecule has 0 bridgehead atoms. The Morgan fingerprint density at radius 3 is 3.00 bits per heavy atom. The van der Waals surface area contributed by atoms with Crippen molar-refractivity contribution in [2.24, 2.45) is 0 Å². The van der Waals surface area contributed by atoms with Crippen LogP contribution in [-0.4, -0.2) is 28.4 Å². The van der Waals surface area contributed by atoms with Crippen LogP contribution in [0.2, 0.25) is 0 Å². The Labute approximate surface area is 108 Å². The highest BCUT2D eigenvalue weighted by atomic mass is 16.5. The molecule has 0 aromatic carbocycles. The molecular formula is C14H20N2O2. The maximum Gasteiger partial charge on any atom is 0.219 e. The van der Waals surface area contributed by atoms with E-state index in [0.717, 1.165) is 24.9 Å². The number of ether oxygens (including phenoxy) is 1. The maximum absolute atomic E-state index is 11.6. The van der Waals surface area contributed by atoms with E-state index in [-0.39, 0.29) is 18.1 Å². The zero-order chi connectivity index (χ0) is 13.1. The van der Waals surface area contributed by atoms with E-state index in [9.17, 15) is 4.79 Å². The molecule has 0 radical (unpaired) electrons. The molecule has 18 heavy (non-hydrogen) atoms. The molecule has 1 aliphatic rings. The predicted molar refractivity (Wildman–Crippen MR) is 69.4 cm³/mol. The molecule has 1 aromatic heterocycles. The lowest BCUT2D eigenvalue weighted by Gasteiger charge is -2.25. The molecule has 0 saturated carbocycles. The monoisotopic (exact) mass is 248 g/mol. The summed E-state index contributed by atoms with van der Waals surface area (Å²) in [5, 5.41) is 0. The number of hydrogen-bond donors (Lipinski definition) is 0. The molecule has 4 heteroatoms. The second-order valence-electron chi connectivity index (χ2n) is 4.93.